The highest BCUT2D eigenvalue weighted by Crippen LogP contribution is 2.37. The van der Waals surface area contributed by atoms with Crippen LogP contribution in [0.2, 0.25) is 0 Å². The Morgan fingerprint density at radius 1 is 1.03 bits per heavy atom. The number of carboxylic acids is 1. The van der Waals surface area contributed by atoms with Gasteiger partial charge in [-0.15, -0.1) is 0 Å². The number of carbonyl (C=O) groups excluding carboxylic acids is 1. The molecule has 1 amide bonds. The minimum atomic E-state index is -1.02. The van der Waals surface area contributed by atoms with E-state index in [-0.39, 0.29) is 17.7 Å². The summed E-state index contributed by atoms with van der Waals surface area (Å²) in [4.78, 5) is 40.1. The first-order chi connectivity index (χ1) is 17.5. The number of rotatable bonds is 4. The normalized spacial score (nSPS) is 15.8. The van der Waals surface area contributed by atoms with Crippen molar-refractivity contribution in [1.82, 2.24) is 4.90 Å². The number of fused-ring (bicyclic) bond motifs is 2. The number of amides is 1. The van der Waals surface area contributed by atoms with Crippen molar-refractivity contribution in [2.24, 2.45) is 0 Å². The zero-order valence-corrected chi connectivity index (χ0v) is 21.6. The highest BCUT2D eigenvalue weighted by Gasteiger charge is 2.43. The quantitative estimate of drug-likeness (QED) is 0.379. The Hall–Kier alpha value is -3.87. The molecule has 5 rings (SSSR count). The second-order valence-electron chi connectivity index (χ2n) is 11.0. The van der Waals surface area contributed by atoms with E-state index in [1.165, 1.54) is 0 Å². The molecule has 0 bridgehead atoms. The van der Waals surface area contributed by atoms with Crippen LogP contribution in [-0.4, -0.2) is 35.0 Å². The number of carbonyl (C=O) groups is 2. The Kier molecular flexibility index (Phi) is 5.97. The van der Waals surface area contributed by atoms with Gasteiger partial charge in [-0.3, -0.25) is 9.59 Å². The Morgan fingerprint density at radius 2 is 1.70 bits per heavy atom. The fourth-order valence-corrected chi connectivity index (χ4v) is 5.48. The molecule has 192 valence electrons. The predicted molar refractivity (Wildman–Crippen MR) is 141 cm³/mol. The SMILES string of the molecule is Cc1c(CC(=O)N2CCC(C(=O)O)(c3ccccc3)CC2)c(=O)oc2cc3occ(C(C)(C)C)c3cc12. The standard InChI is InChI=1S/C30H31NO6/c1-18-20-14-22-23(29(2,3)4)17-36-24(22)16-25(20)37-27(33)21(18)15-26(32)31-12-10-30(11-13-31,28(34)35)19-8-6-5-7-9-19/h5-9,14,16-17H,10-13,15H2,1-4H3,(H,34,35). The van der Waals surface area contributed by atoms with E-state index in [1.807, 2.05) is 43.3 Å². The van der Waals surface area contributed by atoms with Gasteiger partial charge in [-0.1, -0.05) is 51.1 Å². The van der Waals surface area contributed by atoms with Gasteiger partial charge in [-0.2, -0.15) is 0 Å². The number of hydrogen-bond donors (Lipinski definition) is 1. The summed E-state index contributed by atoms with van der Waals surface area (Å²) in [7, 11) is 0. The van der Waals surface area contributed by atoms with Crippen LogP contribution >= 0.6 is 0 Å². The topological polar surface area (TPSA) is 101 Å². The summed E-state index contributed by atoms with van der Waals surface area (Å²) in [6, 6.07) is 12.9. The van der Waals surface area contributed by atoms with E-state index in [1.54, 1.807) is 17.2 Å². The van der Waals surface area contributed by atoms with Crippen molar-refractivity contribution in [2.75, 3.05) is 13.1 Å². The second-order valence-corrected chi connectivity index (χ2v) is 11.0. The van der Waals surface area contributed by atoms with Crippen molar-refractivity contribution in [3.63, 3.8) is 0 Å². The molecule has 2 aromatic carbocycles. The molecule has 1 aliphatic rings. The van der Waals surface area contributed by atoms with Gasteiger partial charge in [0.25, 0.3) is 0 Å². The molecular weight excluding hydrogens is 470 g/mol. The summed E-state index contributed by atoms with van der Waals surface area (Å²) in [5.41, 5.74) is 2.24. The summed E-state index contributed by atoms with van der Waals surface area (Å²) >= 11 is 0. The highest BCUT2D eigenvalue weighted by molar-refractivity contribution is 5.97. The van der Waals surface area contributed by atoms with Gasteiger partial charge in [0, 0.05) is 35.5 Å². The number of nitrogens with zero attached hydrogens (tertiary/aromatic N) is 1. The van der Waals surface area contributed by atoms with Crippen LogP contribution in [0.25, 0.3) is 21.9 Å². The number of piperidine rings is 1. The van der Waals surface area contributed by atoms with Gasteiger partial charge in [-0.05, 0) is 42.4 Å². The molecule has 1 fully saturated rings. The van der Waals surface area contributed by atoms with E-state index in [0.717, 1.165) is 21.9 Å². The number of furan rings is 1. The van der Waals surface area contributed by atoms with Gasteiger partial charge in [0.05, 0.1) is 23.7 Å². The molecule has 7 nitrogen and oxygen atoms in total. The fourth-order valence-electron chi connectivity index (χ4n) is 5.48. The van der Waals surface area contributed by atoms with Crippen molar-refractivity contribution < 1.29 is 23.5 Å². The molecule has 2 aromatic heterocycles. The lowest BCUT2D eigenvalue weighted by Crippen LogP contribution is -2.49. The van der Waals surface area contributed by atoms with Gasteiger partial charge < -0.3 is 18.8 Å². The first-order valence-electron chi connectivity index (χ1n) is 12.6. The maximum Gasteiger partial charge on any atom is 0.340 e. The number of benzene rings is 2. The molecule has 0 spiro atoms. The van der Waals surface area contributed by atoms with E-state index in [4.69, 9.17) is 8.83 Å². The Bertz CT molecular complexity index is 1560. The zero-order chi connectivity index (χ0) is 26.5. The molecule has 1 N–H and O–H groups in total. The molecule has 1 aliphatic heterocycles. The number of hydrogen-bond acceptors (Lipinski definition) is 5. The summed E-state index contributed by atoms with van der Waals surface area (Å²) in [5, 5.41) is 11.8. The lowest BCUT2D eigenvalue weighted by Gasteiger charge is -2.39. The number of likely N-dealkylation sites (tertiary alicyclic amines) is 1. The fraction of sp³-hybridized carbons (Fsp3) is 0.367. The van der Waals surface area contributed by atoms with Crippen molar-refractivity contribution in [2.45, 2.75) is 57.8 Å². The lowest BCUT2D eigenvalue weighted by molar-refractivity contribution is -0.148. The molecule has 37 heavy (non-hydrogen) atoms. The third-order valence-electron chi connectivity index (χ3n) is 7.82. The summed E-state index contributed by atoms with van der Waals surface area (Å²) in [6.07, 6.45) is 2.28. The zero-order valence-electron chi connectivity index (χ0n) is 21.6. The molecule has 1 saturated heterocycles. The monoisotopic (exact) mass is 501 g/mol. The molecule has 3 heterocycles. The number of aryl methyl sites for hydroxylation is 1. The summed E-state index contributed by atoms with van der Waals surface area (Å²) < 4.78 is 11.4. The van der Waals surface area contributed by atoms with Crippen LogP contribution in [0.3, 0.4) is 0 Å². The highest BCUT2D eigenvalue weighted by atomic mass is 16.4. The van der Waals surface area contributed by atoms with Crippen LogP contribution in [0, 0.1) is 6.92 Å². The first-order valence-corrected chi connectivity index (χ1v) is 12.6. The lowest BCUT2D eigenvalue weighted by atomic mass is 9.73. The van der Waals surface area contributed by atoms with Crippen molar-refractivity contribution in [1.29, 1.82) is 0 Å². The maximum absolute atomic E-state index is 13.3. The summed E-state index contributed by atoms with van der Waals surface area (Å²) in [6.45, 7) is 8.79. The van der Waals surface area contributed by atoms with Gasteiger partial charge >= 0.3 is 11.6 Å². The van der Waals surface area contributed by atoms with E-state index in [2.05, 4.69) is 20.8 Å². The molecule has 0 saturated carbocycles. The second kappa shape index (κ2) is 8.91. The summed E-state index contributed by atoms with van der Waals surface area (Å²) in [5.74, 6) is -1.08. The third kappa shape index (κ3) is 4.22. The smallest absolute Gasteiger partial charge is 0.340 e. The molecule has 0 unspecified atom stereocenters. The van der Waals surface area contributed by atoms with E-state index in [0.29, 0.717) is 48.2 Å². The van der Waals surface area contributed by atoms with Crippen LogP contribution in [-0.2, 0) is 26.8 Å². The average Bonchev–Trinajstić information content (AvgIpc) is 3.29. The van der Waals surface area contributed by atoms with Crippen LogP contribution < -0.4 is 5.63 Å². The first kappa shape index (κ1) is 24.8. The van der Waals surface area contributed by atoms with Gasteiger partial charge in [0.15, 0.2) is 0 Å². The Morgan fingerprint density at radius 3 is 2.32 bits per heavy atom. The van der Waals surface area contributed by atoms with Crippen LogP contribution in [0.5, 0.6) is 0 Å². The van der Waals surface area contributed by atoms with Crippen LogP contribution in [0.15, 0.2) is 62.4 Å². The molecular formula is C30H31NO6. The molecule has 4 aromatic rings. The molecule has 7 heteroatoms. The van der Waals surface area contributed by atoms with Crippen molar-refractivity contribution in [3.8, 4) is 0 Å². The van der Waals surface area contributed by atoms with E-state index < -0.39 is 17.0 Å². The minimum Gasteiger partial charge on any atom is -0.481 e. The van der Waals surface area contributed by atoms with Gasteiger partial charge in [0.1, 0.15) is 11.2 Å². The Labute approximate surface area is 214 Å². The maximum atomic E-state index is 13.3. The van der Waals surface area contributed by atoms with Crippen LogP contribution in [0.4, 0.5) is 0 Å². The minimum absolute atomic E-state index is 0.0922. The van der Waals surface area contributed by atoms with Gasteiger partial charge in [0.2, 0.25) is 5.91 Å². The Balaban J connectivity index is 1.42. The van der Waals surface area contributed by atoms with E-state index >= 15 is 0 Å². The van der Waals surface area contributed by atoms with Crippen molar-refractivity contribution >= 4 is 33.8 Å². The average molecular weight is 502 g/mol. The van der Waals surface area contributed by atoms with Crippen LogP contribution in [0.1, 0.15) is 55.9 Å². The van der Waals surface area contributed by atoms with E-state index in [9.17, 15) is 19.5 Å². The van der Waals surface area contributed by atoms with Crippen molar-refractivity contribution in [3.05, 3.63) is 81.4 Å². The third-order valence-corrected chi connectivity index (χ3v) is 7.82. The number of aliphatic carboxylic acids is 1. The molecule has 0 aliphatic carbocycles. The molecule has 0 radical (unpaired) electrons. The molecule has 0 atom stereocenters. The predicted octanol–water partition coefficient (Wildman–Crippen LogP) is 5.33. The number of carboxylic acid groups (broad SMARTS) is 1. The largest absolute Gasteiger partial charge is 0.481 e. The van der Waals surface area contributed by atoms with Gasteiger partial charge in [-0.25, -0.2) is 4.79 Å².